The van der Waals surface area contributed by atoms with Gasteiger partial charge < -0.3 is 15.0 Å². The summed E-state index contributed by atoms with van der Waals surface area (Å²) in [5, 5.41) is 3.92. The van der Waals surface area contributed by atoms with Gasteiger partial charge in [0, 0.05) is 34.7 Å². The van der Waals surface area contributed by atoms with Crippen molar-refractivity contribution in [3.05, 3.63) is 59.1 Å². The molecule has 0 bridgehead atoms. The largest absolute Gasteiger partial charge is 0.484 e. The van der Waals surface area contributed by atoms with E-state index in [1.807, 2.05) is 48.5 Å². The van der Waals surface area contributed by atoms with Gasteiger partial charge in [-0.1, -0.05) is 29.8 Å². The Morgan fingerprint density at radius 2 is 1.87 bits per heavy atom. The van der Waals surface area contributed by atoms with E-state index in [-0.39, 0.29) is 30.4 Å². The second kappa shape index (κ2) is 9.75. The van der Waals surface area contributed by atoms with Gasteiger partial charge in [-0.25, -0.2) is 0 Å². The molecule has 2 aromatic carbocycles. The Kier molecular flexibility index (Phi) is 6.85. The Morgan fingerprint density at radius 1 is 1.10 bits per heavy atom. The molecule has 0 radical (unpaired) electrons. The number of thioether (sulfide) groups is 1. The number of rotatable bonds is 5. The lowest BCUT2D eigenvalue weighted by Gasteiger charge is -2.33. The number of para-hydroxylation sites is 1. The number of piperidine rings is 1. The SMILES string of the molecule is O=C(NC1CCSc2ccc(Cl)cc21)C1CCN(C(=O)COc2ccccc2)CC1. The topological polar surface area (TPSA) is 58.6 Å². The van der Waals surface area contributed by atoms with Gasteiger partial charge in [0.05, 0.1) is 6.04 Å². The summed E-state index contributed by atoms with van der Waals surface area (Å²) in [6.07, 6.45) is 2.25. The minimum absolute atomic E-state index is 0.00591. The molecular weight excluding hydrogens is 420 g/mol. The molecule has 0 spiro atoms. The molecule has 7 heteroatoms. The summed E-state index contributed by atoms with van der Waals surface area (Å²) in [5.41, 5.74) is 1.11. The summed E-state index contributed by atoms with van der Waals surface area (Å²) < 4.78 is 5.56. The van der Waals surface area contributed by atoms with Gasteiger partial charge in [0.1, 0.15) is 5.75 Å². The Morgan fingerprint density at radius 3 is 2.63 bits per heavy atom. The monoisotopic (exact) mass is 444 g/mol. The van der Waals surface area contributed by atoms with Crippen LogP contribution in [0.1, 0.15) is 30.9 Å². The third kappa shape index (κ3) is 5.10. The molecule has 2 aromatic rings. The molecule has 5 nitrogen and oxygen atoms in total. The van der Waals surface area contributed by atoms with E-state index in [4.69, 9.17) is 16.3 Å². The zero-order chi connectivity index (χ0) is 20.9. The molecule has 4 rings (SSSR count). The van der Waals surface area contributed by atoms with Crippen LogP contribution in [0.3, 0.4) is 0 Å². The van der Waals surface area contributed by atoms with Crippen LogP contribution in [0.5, 0.6) is 5.75 Å². The van der Waals surface area contributed by atoms with Crippen molar-refractivity contribution in [1.82, 2.24) is 10.2 Å². The number of carbonyl (C=O) groups is 2. The molecule has 1 fully saturated rings. The van der Waals surface area contributed by atoms with Crippen LogP contribution in [0.4, 0.5) is 0 Å². The minimum Gasteiger partial charge on any atom is -0.484 e. The second-order valence-electron chi connectivity index (χ2n) is 7.64. The fourth-order valence-corrected chi connectivity index (χ4v) is 5.24. The zero-order valence-corrected chi connectivity index (χ0v) is 18.3. The highest BCUT2D eigenvalue weighted by Crippen LogP contribution is 2.37. The van der Waals surface area contributed by atoms with E-state index in [1.54, 1.807) is 16.7 Å². The number of carbonyl (C=O) groups excluding carboxylic acids is 2. The smallest absolute Gasteiger partial charge is 0.260 e. The fourth-order valence-electron chi connectivity index (χ4n) is 3.95. The van der Waals surface area contributed by atoms with Crippen molar-refractivity contribution in [3.8, 4) is 5.75 Å². The molecule has 158 valence electrons. The van der Waals surface area contributed by atoms with Gasteiger partial charge in [-0.05, 0) is 55.2 Å². The third-order valence-corrected chi connectivity index (χ3v) is 7.01. The van der Waals surface area contributed by atoms with Crippen LogP contribution in [0.15, 0.2) is 53.4 Å². The summed E-state index contributed by atoms with van der Waals surface area (Å²) in [6.45, 7) is 1.19. The molecular formula is C23H25ClN2O3S. The Hall–Kier alpha value is -2.18. The van der Waals surface area contributed by atoms with Crippen molar-refractivity contribution in [3.63, 3.8) is 0 Å². The Balaban J connectivity index is 1.27. The number of nitrogens with one attached hydrogen (secondary N) is 1. The van der Waals surface area contributed by atoms with Crippen LogP contribution in [-0.4, -0.2) is 42.2 Å². The summed E-state index contributed by atoms with van der Waals surface area (Å²) in [5.74, 6) is 1.64. The average Bonchev–Trinajstić information content (AvgIpc) is 2.78. The molecule has 2 aliphatic rings. The lowest BCUT2D eigenvalue weighted by Crippen LogP contribution is -2.45. The van der Waals surface area contributed by atoms with E-state index in [2.05, 4.69) is 5.32 Å². The van der Waals surface area contributed by atoms with Crippen molar-refractivity contribution in [1.29, 1.82) is 0 Å². The highest BCUT2D eigenvalue weighted by molar-refractivity contribution is 7.99. The average molecular weight is 445 g/mol. The second-order valence-corrected chi connectivity index (χ2v) is 9.21. The predicted molar refractivity (Wildman–Crippen MR) is 119 cm³/mol. The standard InChI is InChI=1S/C23H25ClN2O3S/c24-17-6-7-21-19(14-17)20(10-13-30-21)25-23(28)16-8-11-26(12-9-16)22(27)15-29-18-4-2-1-3-5-18/h1-7,14,16,20H,8-13,15H2,(H,25,28). The molecule has 2 amide bonds. The molecule has 1 unspecified atom stereocenters. The number of fused-ring (bicyclic) bond motifs is 1. The van der Waals surface area contributed by atoms with E-state index in [9.17, 15) is 9.59 Å². The fraction of sp³-hybridized carbons (Fsp3) is 0.391. The van der Waals surface area contributed by atoms with E-state index in [0.29, 0.717) is 36.7 Å². The van der Waals surface area contributed by atoms with Gasteiger partial charge in [-0.3, -0.25) is 9.59 Å². The number of hydrogen-bond donors (Lipinski definition) is 1. The molecule has 2 heterocycles. The van der Waals surface area contributed by atoms with Crippen LogP contribution in [0.25, 0.3) is 0 Å². The molecule has 2 aliphatic heterocycles. The summed E-state index contributed by atoms with van der Waals surface area (Å²) in [4.78, 5) is 28.3. The first kappa shape index (κ1) is 21.1. The number of likely N-dealkylation sites (tertiary alicyclic amines) is 1. The number of nitrogens with zero attached hydrogens (tertiary/aromatic N) is 1. The van der Waals surface area contributed by atoms with Crippen molar-refractivity contribution < 1.29 is 14.3 Å². The molecule has 0 aliphatic carbocycles. The summed E-state index contributed by atoms with van der Waals surface area (Å²) in [6, 6.07) is 15.2. The van der Waals surface area contributed by atoms with E-state index in [0.717, 1.165) is 17.7 Å². The normalized spacial score (nSPS) is 19.1. The maximum absolute atomic E-state index is 12.9. The molecule has 1 N–H and O–H groups in total. The quantitative estimate of drug-likeness (QED) is 0.746. The molecule has 1 atom stereocenters. The molecule has 0 saturated carbocycles. The highest BCUT2D eigenvalue weighted by atomic mass is 35.5. The van der Waals surface area contributed by atoms with Crippen molar-refractivity contribution in [2.24, 2.45) is 5.92 Å². The summed E-state index contributed by atoms with van der Waals surface area (Å²) in [7, 11) is 0. The highest BCUT2D eigenvalue weighted by Gasteiger charge is 2.30. The minimum atomic E-state index is -0.0682. The lowest BCUT2D eigenvalue weighted by molar-refractivity contribution is -0.137. The Labute approximate surface area is 186 Å². The maximum Gasteiger partial charge on any atom is 0.260 e. The number of benzene rings is 2. The number of amides is 2. The Bertz CT molecular complexity index is 901. The molecule has 0 aromatic heterocycles. The van der Waals surface area contributed by atoms with E-state index < -0.39 is 0 Å². The van der Waals surface area contributed by atoms with Crippen LogP contribution in [-0.2, 0) is 9.59 Å². The van der Waals surface area contributed by atoms with Crippen LogP contribution < -0.4 is 10.1 Å². The van der Waals surface area contributed by atoms with Crippen LogP contribution >= 0.6 is 23.4 Å². The van der Waals surface area contributed by atoms with Gasteiger partial charge in [0.25, 0.3) is 5.91 Å². The third-order valence-electron chi connectivity index (χ3n) is 5.65. The number of halogens is 1. The van der Waals surface area contributed by atoms with Gasteiger partial charge in [0.15, 0.2) is 6.61 Å². The van der Waals surface area contributed by atoms with Crippen molar-refractivity contribution in [2.75, 3.05) is 25.4 Å². The summed E-state index contributed by atoms with van der Waals surface area (Å²) >= 11 is 7.97. The van der Waals surface area contributed by atoms with E-state index in [1.165, 1.54) is 4.90 Å². The van der Waals surface area contributed by atoms with Crippen LogP contribution in [0, 0.1) is 5.92 Å². The number of hydrogen-bond acceptors (Lipinski definition) is 4. The van der Waals surface area contributed by atoms with E-state index >= 15 is 0 Å². The van der Waals surface area contributed by atoms with Gasteiger partial charge in [-0.15, -0.1) is 11.8 Å². The maximum atomic E-state index is 12.9. The van der Waals surface area contributed by atoms with Gasteiger partial charge in [-0.2, -0.15) is 0 Å². The first-order valence-electron chi connectivity index (χ1n) is 10.3. The molecule has 1 saturated heterocycles. The van der Waals surface area contributed by atoms with Gasteiger partial charge in [0.2, 0.25) is 5.91 Å². The predicted octanol–water partition coefficient (Wildman–Crippen LogP) is 4.31. The zero-order valence-electron chi connectivity index (χ0n) is 16.7. The van der Waals surface area contributed by atoms with Crippen molar-refractivity contribution >= 4 is 35.2 Å². The number of ether oxygens (including phenoxy) is 1. The lowest BCUT2D eigenvalue weighted by atomic mass is 9.94. The first-order chi connectivity index (χ1) is 14.6. The van der Waals surface area contributed by atoms with Crippen molar-refractivity contribution in [2.45, 2.75) is 30.2 Å². The van der Waals surface area contributed by atoms with Gasteiger partial charge >= 0.3 is 0 Å². The molecule has 30 heavy (non-hydrogen) atoms. The first-order valence-corrected chi connectivity index (χ1v) is 11.6. The van der Waals surface area contributed by atoms with Crippen LogP contribution in [0.2, 0.25) is 5.02 Å².